The molecule has 6 nitrogen and oxygen atoms in total. The normalized spacial score (nSPS) is 11.3. The van der Waals surface area contributed by atoms with E-state index in [9.17, 15) is 4.79 Å². The van der Waals surface area contributed by atoms with Crippen molar-refractivity contribution >= 4 is 44.9 Å². The predicted octanol–water partition coefficient (Wildman–Crippen LogP) is 4.13. The number of nitrogens with one attached hydrogen (secondary N) is 1. The van der Waals surface area contributed by atoms with Gasteiger partial charge in [0.05, 0.1) is 16.8 Å². The fourth-order valence-electron chi connectivity index (χ4n) is 2.63. The molecule has 0 aliphatic heterocycles. The summed E-state index contributed by atoms with van der Waals surface area (Å²) in [6.45, 7) is 3.95. The summed E-state index contributed by atoms with van der Waals surface area (Å²) < 4.78 is 1.85. The molecule has 0 saturated carbocycles. The minimum absolute atomic E-state index is 0.0937. The maximum Gasteiger partial charge on any atom is 0.259 e. The fourth-order valence-corrected chi connectivity index (χ4v) is 4.66. The molecule has 0 radical (unpaired) electrons. The van der Waals surface area contributed by atoms with Gasteiger partial charge in [-0.25, -0.2) is 4.98 Å². The lowest BCUT2D eigenvalue weighted by molar-refractivity contribution is 0.881. The molecular weight excluding hydrogens is 390 g/mol. The Kier molecular flexibility index (Phi) is 4.56. The molecule has 4 rings (SSSR count). The Morgan fingerprint density at radius 3 is 3.00 bits per heavy atom. The number of H-pyrrole nitrogens is 1. The lowest BCUT2D eigenvalue weighted by atomic mass is 10.2. The average Bonchev–Trinajstić information content (AvgIpc) is 3.18. The summed E-state index contributed by atoms with van der Waals surface area (Å²) in [7, 11) is 0. The van der Waals surface area contributed by atoms with Gasteiger partial charge in [-0.05, 0) is 37.6 Å². The third-order valence-corrected chi connectivity index (χ3v) is 6.32. The number of hydrogen-bond acceptors (Lipinski definition) is 6. The van der Waals surface area contributed by atoms with Crippen molar-refractivity contribution in [2.24, 2.45) is 0 Å². The van der Waals surface area contributed by atoms with Gasteiger partial charge in [0, 0.05) is 9.90 Å². The Morgan fingerprint density at radius 1 is 1.35 bits per heavy atom. The summed E-state index contributed by atoms with van der Waals surface area (Å²) in [6, 6.07) is 7.47. The predicted molar refractivity (Wildman–Crippen MR) is 106 cm³/mol. The topological polar surface area (TPSA) is 76.5 Å². The number of halogens is 1. The number of aryl methyl sites for hydroxylation is 2. The van der Waals surface area contributed by atoms with E-state index < -0.39 is 0 Å². The van der Waals surface area contributed by atoms with Crippen LogP contribution in [-0.2, 0) is 5.75 Å². The Hall–Kier alpha value is -2.16. The van der Waals surface area contributed by atoms with Crippen LogP contribution in [-0.4, -0.2) is 24.7 Å². The van der Waals surface area contributed by atoms with Crippen molar-refractivity contribution in [2.45, 2.75) is 24.8 Å². The second-order valence-corrected chi connectivity index (χ2v) is 8.31. The number of aromatic amines is 1. The third-order valence-electron chi connectivity index (χ3n) is 4.03. The summed E-state index contributed by atoms with van der Waals surface area (Å²) in [5, 5.41) is 10.2. The van der Waals surface area contributed by atoms with E-state index >= 15 is 0 Å². The summed E-state index contributed by atoms with van der Waals surface area (Å²) in [5.74, 6) is 1.11. The molecule has 132 valence electrons. The van der Waals surface area contributed by atoms with Crippen molar-refractivity contribution in [3.63, 3.8) is 0 Å². The number of benzene rings is 1. The molecule has 0 aliphatic rings. The highest BCUT2D eigenvalue weighted by molar-refractivity contribution is 7.98. The minimum atomic E-state index is -0.0937. The van der Waals surface area contributed by atoms with Gasteiger partial charge in [0.25, 0.3) is 5.56 Å². The smallest absolute Gasteiger partial charge is 0.259 e. The first-order chi connectivity index (χ1) is 12.5. The molecule has 0 unspecified atom stereocenters. The van der Waals surface area contributed by atoms with E-state index in [2.05, 4.69) is 20.2 Å². The number of thioether (sulfide) groups is 1. The van der Waals surface area contributed by atoms with E-state index in [1.807, 2.05) is 42.7 Å². The van der Waals surface area contributed by atoms with Gasteiger partial charge in [-0.2, -0.15) is 0 Å². The van der Waals surface area contributed by atoms with Gasteiger partial charge in [0.15, 0.2) is 5.16 Å². The molecule has 3 aromatic heterocycles. The SMILES string of the molecule is Cc1sc2nc(CSc3nncn3-c3cccc(Cl)c3)[nH]c(=O)c2c1C. The van der Waals surface area contributed by atoms with E-state index in [1.54, 1.807) is 17.7 Å². The van der Waals surface area contributed by atoms with Crippen molar-refractivity contribution in [1.29, 1.82) is 0 Å². The number of nitrogens with zero attached hydrogens (tertiary/aromatic N) is 4. The van der Waals surface area contributed by atoms with Gasteiger partial charge in [0.2, 0.25) is 0 Å². The van der Waals surface area contributed by atoms with Gasteiger partial charge in [-0.1, -0.05) is 29.4 Å². The number of rotatable bonds is 4. The van der Waals surface area contributed by atoms with Crippen molar-refractivity contribution in [3.8, 4) is 5.69 Å². The lowest BCUT2D eigenvalue weighted by Gasteiger charge is -2.06. The van der Waals surface area contributed by atoms with Crippen LogP contribution in [0, 0.1) is 13.8 Å². The van der Waals surface area contributed by atoms with E-state index in [-0.39, 0.29) is 5.56 Å². The first-order valence-electron chi connectivity index (χ1n) is 7.80. The fraction of sp³-hybridized carbons (Fsp3) is 0.176. The molecule has 1 N–H and O–H groups in total. The molecule has 0 bridgehead atoms. The molecule has 3 heterocycles. The molecule has 0 amide bonds. The zero-order valence-electron chi connectivity index (χ0n) is 14.0. The number of aromatic nitrogens is 5. The molecule has 26 heavy (non-hydrogen) atoms. The van der Waals surface area contributed by atoms with Crippen LogP contribution >= 0.6 is 34.7 Å². The average molecular weight is 404 g/mol. The standard InChI is InChI=1S/C17H14ClN5OS2/c1-9-10(2)26-16-14(9)15(24)20-13(21-16)7-25-17-22-19-8-23(17)12-5-3-4-11(18)6-12/h3-6,8H,7H2,1-2H3,(H,20,21,24). The first kappa shape index (κ1) is 17.3. The summed E-state index contributed by atoms with van der Waals surface area (Å²) in [5.41, 5.74) is 1.79. The van der Waals surface area contributed by atoms with Crippen molar-refractivity contribution in [3.05, 3.63) is 62.2 Å². The van der Waals surface area contributed by atoms with Crippen LogP contribution < -0.4 is 5.56 Å². The van der Waals surface area contributed by atoms with Crippen LogP contribution in [0.1, 0.15) is 16.3 Å². The van der Waals surface area contributed by atoms with Gasteiger partial charge in [0.1, 0.15) is 17.0 Å². The summed E-state index contributed by atoms with van der Waals surface area (Å²) in [4.78, 5) is 21.7. The molecule has 1 aromatic carbocycles. The van der Waals surface area contributed by atoms with Crippen LogP contribution in [0.3, 0.4) is 0 Å². The van der Waals surface area contributed by atoms with Crippen LogP contribution in [0.4, 0.5) is 0 Å². The number of fused-ring (bicyclic) bond motifs is 1. The van der Waals surface area contributed by atoms with Crippen LogP contribution in [0.25, 0.3) is 15.9 Å². The molecule has 4 aromatic rings. The number of hydrogen-bond donors (Lipinski definition) is 1. The van der Waals surface area contributed by atoms with Crippen molar-refractivity contribution < 1.29 is 0 Å². The quantitative estimate of drug-likeness (QED) is 0.518. The largest absolute Gasteiger partial charge is 0.309 e. The molecular formula is C17H14ClN5OS2. The van der Waals surface area contributed by atoms with Gasteiger partial charge < -0.3 is 4.98 Å². The first-order valence-corrected chi connectivity index (χ1v) is 9.98. The monoisotopic (exact) mass is 403 g/mol. The minimum Gasteiger partial charge on any atom is -0.309 e. The van der Waals surface area contributed by atoms with Crippen LogP contribution in [0.2, 0.25) is 5.02 Å². The zero-order chi connectivity index (χ0) is 18.3. The van der Waals surface area contributed by atoms with E-state index in [4.69, 9.17) is 11.6 Å². The van der Waals surface area contributed by atoms with Crippen molar-refractivity contribution in [1.82, 2.24) is 24.7 Å². The van der Waals surface area contributed by atoms with E-state index in [0.29, 0.717) is 27.1 Å². The second kappa shape index (κ2) is 6.86. The molecule has 0 aliphatic carbocycles. The highest BCUT2D eigenvalue weighted by Crippen LogP contribution is 2.27. The van der Waals surface area contributed by atoms with Crippen LogP contribution in [0.5, 0.6) is 0 Å². The highest BCUT2D eigenvalue weighted by Gasteiger charge is 2.13. The van der Waals surface area contributed by atoms with Gasteiger partial charge in [-0.3, -0.25) is 9.36 Å². The Bertz CT molecular complexity index is 1160. The Morgan fingerprint density at radius 2 is 2.19 bits per heavy atom. The maximum atomic E-state index is 12.4. The van der Waals surface area contributed by atoms with Crippen LogP contribution in [0.15, 0.2) is 40.5 Å². The second-order valence-electron chi connectivity index (χ2n) is 5.73. The molecule has 9 heteroatoms. The molecule has 0 fully saturated rings. The van der Waals surface area contributed by atoms with E-state index in [0.717, 1.165) is 21.0 Å². The molecule has 0 spiro atoms. The highest BCUT2D eigenvalue weighted by atomic mass is 35.5. The molecule has 0 saturated heterocycles. The van der Waals surface area contributed by atoms with Gasteiger partial charge in [-0.15, -0.1) is 21.5 Å². The summed E-state index contributed by atoms with van der Waals surface area (Å²) >= 11 is 9.06. The van der Waals surface area contributed by atoms with Gasteiger partial charge >= 0.3 is 0 Å². The van der Waals surface area contributed by atoms with E-state index in [1.165, 1.54) is 11.8 Å². The Balaban J connectivity index is 1.62. The van der Waals surface area contributed by atoms with Crippen molar-refractivity contribution in [2.75, 3.05) is 0 Å². The zero-order valence-corrected chi connectivity index (χ0v) is 16.4. The third kappa shape index (κ3) is 3.15. The maximum absolute atomic E-state index is 12.4. The molecule has 0 atom stereocenters. The number of thiophene rings is 1. The Labute approximate surface area is 162 Å². The lowest BCUT2D eigenvalue weighted by Crippen LogP contribution is -2.11. The summed E-state index contributed by atoms with van der Waals surface area (Å²) in [6.07, 6.45) is 1.64.